The maximum atomic E-state index is 13.5. The minimum atomic E-state index is -0.686. The summed E-state index contributed by atoms with van der Waals surface area (Å²) in [5.74, 6) is 0.380. The van der Waals surface area contributed by atoms with Gasteiger partial charge in [-0.3, -0.25) is 9.69 Å². The number of thiophene rings is 1. The van der Waals surface area contributed by atoms with Gasteiger partial charge in [0.25, 0.3) is 5.91 Å². The first kappa shape index (κ1) is 22.7. The fourth-order valence-electron chi connectivity index (χ4n) is 4.76. The number of benzene rings is 2. The molecule has 2 N–H and O–H groups in total. The highest BCUT2D eigenvalue weighted by atomic mass is 35.5. The number of nitrogens with two attached hydrogens (primary N) is 1. The third-order valence-corrected chi connectivity index (χ3v) is 7.93. The minimum absolute atomic E-state index is 0.0632. The molecule has 7 nitrogen and oxygen atoms in total. The van der Waals surface area contributed by atoms with Gasteiger partial charge in [0.1, 0.15) is 18.4 Å². The van der Waals surface area contributed by atoms with Crippen molar-refractivity contribution in [2.45, 2.75) is 32.0 Å². The molecule has 0 spiro atoms. The standard InChI is InChI=1S/C25H24ClN5O2S/c1-25(2)22(13-32)30(12-15-3-6-18-19(9-15)28-14-29-23(18)27)7-8-31(25)24(33)21-10-16-4-5-17(26)11-20(16)34-21/h3-6,9-11,13-14,22H,7-8,12H2,1-2H3,(H2,27,28,29). The monoisotopic (exact) mass is 493 g/mol. The van der Waals surface area contributed by atoms with Gasteiger partial charge in [-0.15, -0.1) is 11.3 Å². The molecule has 2 aromatic carbocycles. The zero-order chi connectivity index (χ0) is 24.0. The first-order valence-corrected chi connectivity index (χ1v) is 12.2. The van der Waals surface area contributed by atoms with Crippen molar-refractivity contribution in [3.8, 4) is 0 Å². The Kier molecular flexibility index (Phi) is 5.75. The molecule has 1 aliphatic rings. The van der Waals surface area contributed by atoms with Gasteiger partial charge in [0.2, 0.25) is 0 Å². The van der Waals surface area contributed by atoms with Crippen LogP contribution in [0, 0.1) is 0 Å². The molecule has 1 amide bonds. The summed E-state index contributed by atoms with van der Waals surface area (Å²) in [5.41, 5.74) is 7.05. The second-order valence-electron chi connectivity index (χ2n) is 9.07. The molecular weight excluding hydrogens is 470 g/mol. The number of hydrogen-bond acceptors (Lipinski definition) is 7. The number of rotatable bonds is 4. The lowest BCUT2D eigenvalue weighted by atomic mass is 9.88. The van der Waals surface area contributed by atoms with Crippen LogP contribution in [-0.2, 0) is 11.3 Å². The first-order chi connectivity index (χ1) is 16.3. The quantitative estimate of drug-likeness (QED) is 0.424. The molecule has 1 atom stereocenters. The second kappa shape index (κ2) is 8.61. The molecule has 1 fully saturated rings. The molecule has 174 valence electrons. The van der Waals surface area contributed by atoms with E-state index in [-0.39, 0.29) is 5.91 Å². The first-order valence-electron chi connectivity index (χ1n) is 11.0. The average Bonchev–Trinajstić information content (AvgIpc) is 3.22. The summed E-state index contributed by atoms with van der Waals surface area (Å²) < 4.78 is 0.972. The van der Waals surface area contributed by atoms with Crippen LogP contribution in [0.2, 0.25) is 5.02 Å². The highest BCUT2D eigenvalue weighted by Crippen LogP contribution is 2.34. The number of anilines is 1. The third kappa shape index (κ3) is 3.91. The van der Waals surface area contributed by atoms with Gasteiger partial charge >= 0.3 is 0 Å². The zero-order valence-electron chi connectivity index (χ0n) is 18.9. The molecular formula is C25H24ClN5O2S. The van der Waals surface area contributed by atoms with E-state index in [1.165, 1.54) is 17.7 Å². The Morgan fingerprint density at radius 2 is 2.03 bits per heavy atom. The SMILES string of the molecule is CC1(C)C(C=O)N(Cc2ccc3c(N)ncnc3c2)CCN1C(=O)c1cc2ccc(Cl)cc2s1. The Hall–Kier alpha value is -3.07. The molecule has 1 saturated heterocycles. The van der Waals surface area contributed by atoms with Crippen LogP contribution in [0.15, 0.2) is 48.8 Å². The Morgan fingerprint density at radius 1 is 1.21 bits per heavy atom. The molecule has 3 heterocycles. The summed E-state index contributed by atoms with van der Waals surface area (Å²) in [6, 6.07) is 12.9. The van der Waals surface area contributed by atoms with E-state index in [2.05, 4.69) is 14.9 Å². The van der Waals surface area contributed by atoms with Gasteiger partial charge in [-0.1, -0.05) is 23.7 Å². The number of carbonyl (C=O) groups is 2. The zero-order valence-corrected chi connectivity index (χ0v) is 20.4. The van der Waals surface area contributed by atoms with E-state index in [1.54, 1.807) is 0 Å². The van der Waals surface area contributed by atoms with Crippen LogP contribution >= 0.6 is 22.9 Å². The van der Waals surface area contributed by atoms with Crippen LogP contribution in [0.4, 0.5) is 5.82 Å². The lowest BCUT2D eigenvalue weighted by Gasteiger charge is -2.51. The number of carbonyl (C=O) groups excluding carboxylic acids is 2. The van der Waals surface area contributed by atoms with Crippen molar-refractivity contribution in [3.05, 3.63) is 64.3 Å². The highest BCUT2D eigenvalue weighted by molar-refractivity contribution is 7.20. The average molecular weight is 494 g/mol. The van der Waals surface area contributed by atoms with E-state index in [9.17, 15) is 9.59 Å². The molecule has 0 saturated carbocycles. The van der Waals surface area contributed by atoms with E-state index in [0.717, 1.165) is 32.8 Å². The van der Waals surface area contributed by atoms with Crippen LogP contribution in [0.3, 0.4) is 0 Å². The van der Waals surface area contributed by atoms with Crippen molar-refractivity contribution < 1.29 is 9.59 Å². The lowest BCUT2D eigenvalue weighted by molar-refractivity contribution is -0.120. The van der Waals surface area contributed by atoms with Crippen molar-refractivity contribution in [1.29, 1.82) is 0 Å². The van der Waals surface area contributed by atoms with Crippen molar-refractivity contribution in [3.63, 3.8) is 0 Å². The molecule has 2 aromatic heterocycles. The summed E-state index contributed by atoms with van der Waals surface area (Å²) in [6.45, 7) is 5.58. The number of nitrogen functional groups attached to an aromatic ring is 1. The molecule has 9 heteroatoms. The van der Waals surface area contributed by atoms with E-state index in [4.69, 9.17) is 17.3 Å². The molecule has 0 radical (unpaired) electrons. The molecule has 5 rings (SSSR count). The number of piperazine rings is 1. The topological polar surface area (TPSA) is 92.4 Å². The fraction of sp³-hybridized carbons (Fsp3) is 0.280. The fourth-order valence-corrected chi connectivity index (χ4v) is 6.04. The van der Waals surface area contributed by atoms with Crippen LogP contribution in [0.1, 0.15) is 29.1 Å². The maximum Gasteiger partial charge on any atom is 0.264 e. The Morgan fingerprint density at radius 3 is 2.82 bits per heavy atom. The van der Waals surface area contributed by atoms with Crippen LogP contribution in [0.5, 0.6) is 0 Å². The smallest absolute Gasteiger partial charge is 0.264 e. The lowest BCUT2D eigenvalue weighted by Crippen LogP contribution is -2.67. The van der Waals surface area contributed by atoms with Crippen molar-refractivity contribution in [2.75, 3.05) is 18.8 Å². The van der Waals surface area contributed by atoms with E-state index in [1.807, 2.05) is 61.2 Å². The summed E-state index contributed by atoms with van der Waals surface area (Å²) in [4.78, 5) is 38.7. The van der Waals surface area contributed by atoms with E-state index in [0.29, 0.717) is 35.4 Å². The number of aldehydes is 1. The van der Waals surface area contributed by atoms with E-state index >= 15 is 0 Å². The Balaban J connectivity index is 1.39. The highest BCUT2D eigenvalue weighted by Gasteiger charge is 2.45. The number of halogens is 1. The summed E-state index contributed by atoms with van der Waals surface area (Å²) in [7, 11) is 0. The summed E-state index contributed by atoms with van der Waals surface area (Å²) in [6.07, 6.45) is 2.40. The van der Waals surface area contributed by atoms with E-state index < -0.39 is 11.6 Å². The largest absolute Gasteiger partial charge is 0.383 e. The molecule has 1 aliphatic heterocycles. The van der Waals surface area contributed by atoms with Gasteiger partial charge in [0.15, 0.2) is 0 Å². The van der Waals surface area contributed by atoms with Crippen LogP contribution in [-0.4, -0.2) is 56.6 Å². The predicted octanol–water partition coefficient (Wildman–Crippen LogP) is 4.38. The van der Waals surface area contributed by atoms with Crippen LogP contribution < -0.4 is 5.73 Å². The van der Waals surface area contributed by atoms with Crippen molar-refractivity contribution in [2.24, 2.45) is 0 Å². The number of fused-ring (bicyclic) bond motifs is 2. The number of nitrogens with zero attached hydrogens (tertiary/aromatic N) is 4. The van der Waals surface area contributed by atoms with Gasteiger partial charge in [0, 0.05) is 34.7 Å². The Bertz CT molecular complexity index is 1420. The molecule has 34 heavy (non-hydrogen) atoms. The third-order valence-electron chi connectivity index (χ3n) is 6.61. The predicted molar refractivity (Wildman–Crippen MR) is 136 cm³/mol. The van der Waals surface area contributed by atoms with Gasteiger partial charge < -0.3 is 15.4 Å². The minimum Gasteiger partial charge on any atom is -0.383 e. The normalized spacial score (nSPS) is 18.4. The van der Waals surface area contributed by atoms with Crippen molar-refractivity contribution in [1.82, 2.24) is 19.8 Å². The maximum absolute atomic E-state index is 13.5. The second-order valence-corrected chi connectivity index (χ2v) is 10.6. The van der Waals surface area contributed by atoms with Crippen LogP contribution in [0.25, 0.3) is 21.0 Å². The van der Waals surface area contributed by atoms with Crippen molar-refractivity contribution >= 4 is 61.9 Å². The number of hydrogen-bond donors (Lipinski definition) is 1. The van der Waals surface area contributed by atoms with Gasteiger partial charge in [0.05, 0.1) is 22.0 Å². The summed E-state index contributed by atoms with van der Waals surface area (Å²) in [5, 5.41) is 2.44. The van der Waals surface area contributed by atoms with Gasteiger partial charge in [-0.2, -0.15) is 0 Å². The molecule has 1 unspecified atom stereocenters. The molecule has 0 bridgehead atoms. The summed E-state index contributed by atoms with van der Waals surface area (Å²) >= 11 is 7.54. The molecule has 4 aromatic rings. The number of aromatic nitrogens is 2. The molecule has 0 aliphatic carbocycles. The Labute approximate surface area is 206 Å². The van der Waals surface area contributed by atoms with Gasteiger partial charge in [-0.05, 0) is 55.1 Å². The number of amides is 1. The van der Waals surface area contributed by atoms with Gasteiger partial charge in [-0.25, -0.2) is 9.97 Å².